The van der Waals surface area contributed by atoms with Crippen LogP contribution in [-0.4, -0.2) is 40.9 Å². The summed E-state index contributed by atoms with van der Waals surface area (Å²) in [4.78, 5) is 8.13. The van der Waals surface area contributed by atoms with Crippen molar-refractivity contribution in [3.8, 4) is 12.1 Å². The topological polar surface area (TPSA) is 111 Å². The Morgan fingerprint density at radius 3 is 2.31 bits per heavy atom. The van der Waals surface area contributed by atoms with Crippen LogP contribution in [0.3, 0.4) is 0 Å². The lowest BCUT2D eigenvalue weighted by Gasteiger charge is -2.18. The molecule has 0 radical (unpaired) electrons. The van der Waals surface area contributed by atoms with Crippen LogP contribution in [0.1, 0.15) is 82.7 Å². The number of hydrogen-bond donors (Lipinski definition) is 1. The van der Waals surface area contributed by atoms with E-state index >= 15 is 0 Å². The first-order valence-electron chi connectivity index (χ1n) is 12.3. The summed E-state index contributed by atoms with van der Waals surface area (Å²) in [6.07, 6.45) is 4.49. The van der Waals surface area contributed by atoms with Gasteiger partial charge in [0.15, 0.2) is 22.9 Å². The third-order valence-corrected chi connectivity index (χ3v) is 7.02. The Labute approximate surface area is 209 Å². The highest BCUT2D eigenvalue weighted by atomic mass is 15.4. The van der Waals surface area contributed by atoms with Gasteiger partial charge in [0.2, 0.25) is 0 Å². The lowest BCUT2D eigenvalue weighted by atomic mass is 9.90. The molecule has 1 aliphatic heterocycles. The van der Waals surface area contributed by atoms with Gasteiger partial charge in [0, 0.05) is 45.0 Å². The molecular weight excluding hydrogens is 438 g/mol. The molecule has 2 atom stereocenters. The predicted molar refractivity (Wildman–Crippen MR) is 137 cm³/mol. The van der Waals surface area contributed by atoms with E-state index in [-0.39, 0.29) is 11.0 Å². The maximum atomic E-state index is 9.93. The van der Waals surface area contributed by atoms with E-state index in [1.807, 2.05) is 46.7 Å². The Bertz CT molecular complexity index is 1220. The summed E-state index contributed by atoms with van der Waals surface area (Å²) >= 11 is 0. The molecule has 9 heteroatoms. The summed E-state index contributed by atoms with van der Waals surface area (Å²) in [7, 11) is 5.57. The number of rotatable bonds is 8. The number of nitrogens with zero attached hydrogens (tertiary/aromatic N) is 8. The third kappa shape index (κ3) is 4.78. The first-order valence-corrected chi connectivity index (χ1v) is 12.3. The molecule has 1 N–H and O–H groups in total. The smallest absolute Gasteiger partial charge is 0.257 e. The van der Waals surface area contributed by atoms with Crippen LogP contribution in [0.2, 0.25) is 0 Å². The zero-order chi connectivity index (χ0) is 26.1. The average Bonchev–Trinajstić information content (AvgIpc) is 3.43. The number of aromatic nitrogens is 3. The van der Waals surface area contributed by atoms with Gasteiger partial charge in [-0.05, 0) is 13.3 Å². The second-order valence-electron chi connectivity index (χ2n) is 10.8. The Morgan fingerprint density at radius 2 is 1.80 bits per heavy atom. The van der Waals surface area contributed by atoms with Crippen molar-refractivity contribution in [2.24, 2.45) is 17.3 Å². The molecule has 0 saturated carbocycles. The van der Waals surface area contributed by atoms with Gasteiger partial charge in [0.05, 0.1) is 5.69 Å². The number of anilines is 1. The highest BCUT2D eigenvalue weighted by molar-refractivity contribution is 5.71. The quantitative estimate of drug-likeness (QED) is 0.445. The molecule has 0 amide bonds. The molecule has 9 nitrogen and oxygen atoms in total. The molecule has 35 heavy (non-hydrogen) atoms. The van der Waals surface area contributed by atoms with Crippen molar-refractivity contribution >= 4 is 23.1 Å². The maximum absolute atomic E-state index is 9.93. The van der Waals surface area contributed by atoms with Gasteiger partial charge >= 0.3 is 0 Å². The van der Waals surface area contributed by atoms with E-state index in [1.165, 1.54) is 11.3 Å². The van der Waals surface area contributed by atoms with Gasteiger partial charge in [-0.3, -0.25) is 4.90 Å². The SMILES string of the molecule is CCCCC1(CC)C[NH+]1c1nc(N(C)C)c(C#N)c(C)c1N=Nc1c(C#N)c(C(C)(C)C)nn1C. The molecule has 2 aromatic heterocycles. The van der Waals surface area contributed by atoms with E-state index in [1.54, 1.807) is 11.7 Å². The van der Waals surface area contributed by atoms with Crippen LogP contribution in [-0.2, 0) is 12.5 Å². The number of nitriles is 2. The average molecular weight is 477 g/mol. The highest BCUT2D eigenvalue weighted by Crippen LogP contribution is 2.38. The van der Waals surface area contributed by atoms with Crippen molar-refractivity contribution in [1.82, 2.24) is 14.8 Å². The van der Waals surface area contributed by atoms with E-state index in [0.29, 0.717) is 34.1 Å². The molecule has 0 spiro atoms. The van der Waals surface area contributed by atoms with E-state index in [0.717, 1.165) is 37.2 Å². The van der Waals surface area contributed by atoms with Crippen molar-refractivity contribution in [2.75, 3.05) is 25.5 Å². The first kappa shape index (κ1) is 26.3. The van der Waals surface area contributed by atoms with Crippen LogP contribution in [0.25, 0.3) is 0 Å². The molecule has 186 valence electrons. The van der Waals surface area contributed by atoms with Gasteiger partial charge < -0.3 is 4.90 Å². The van der Waals surface area contributed by atoms with E-state index in [4.69, 9.17) is 4.98 Å². The summed E-state index contributed by atoms with van der Waals surface area (Å²) in [5.74, 6) is 1.88. The molecule has 0 bridgehead atoms. The van der Waals surface area contributed by atoms with Crippen LogP contribution < -0.4 is 9.80 Å². The third-order valence-electron chi connectivity index (χ3n) is 7.02. The number of pyridine rings is 1. The fourth-order valence-corrected chi connectivity index (χ4v) is 4.72. The lowest BCUT2D eigenvalue weighted by molar-refractivity contribution is -0.720. The van der Waals surface area contributed by atoms with Crippen molar-refractivity contribution in [3.05, 3.63) is 22.4 Å². The standard InChI is InChI=1S/C26H37N9/c1-10-12-13-26(11-2)16-35(26)24-20(17(3)18(14-27)22(29-24)33(7)8)30-31-23-19(15-28)21(25(4,5)6)32-34(23)9/h10-13,16H2,1-9H3/p+1. The molecule has 1 saturated heterocycles. The Balaban J connectivity index is 2.20. The monoisotopic (exact) mass is 476 g/mol. The van der Waals surface area contributed by atoms with E-state index in [9.17, 15) is 10.5 Å². The minimum atomic E-state index is -0.301. The molecule has 0 aromatic carbocycles. The zero-order valence-corrected chi connectivity index (χ0v) is 22.6. The number of azo groups is 1. The first-order chi connectivity index (χ1) is 16.5. The van der Waals surface area contributed by atoms with Gasteiger partial charge in [-0.2, -0.15) is 20.6 Å². The van der Waals surface area contributed by atoms with Crippen molar-refractivity contribution in [1.29, 1.82) is 10.5 Å². The summed E-state index contributed by atoms with van der Waals surface area (Å²) in [5, 5.41) is 33.5. The Hall–Kier alpha value is -3.30. The molecule has 0 aliphatic carbocycles. The predicted octanol–water partition coefficient (Wildman–Crippen LogP) is 4.51. The Morgan fingerprint density at radius 1 is 1.14 bits per heavy atom. The highest BCUT2D eigenvalue weighted by Gasteiger charge is 2.59. The van der Waals surface area contributed by atoms with Crippen LogP contribution in [0.15, 0.2) is 10.2 Å². The fourth-order valence-electron chi connectivity index (χ4n) is 4.72. The molecule has 1 fully saturated rings. The normalized spacial score (nSPS) is 19.6. The number of nitrogens with one attached hydrogen (secondary N) is 1. The second kappa shape index (κ2) is 9.75. The van der Waals surface area contributed by atoms with Crippen molar-refractivity contribution in [3.63, 3.8) is 0 Å². The summed E-state index contributed by atoms with van der Waals surface area (Å²) in [6, 6.07) is 4.58. The van der Waals surface area contributed by atoms with Gasteiger partial charge in [0.25, 0.3) is 5.82 Å². The van der Waals surface area contributed by atoms with Gasteiger partial charge in [-0.1, -0.05) is 41.0 Å². The molecular formula is C26H38N9+. The summed E-state index contributed by atoms with van der Waals surface area (Å²) < 4.78 is 1.60. The van der Waals surface area contributed by atoms with Crippen LogP contribution in [0.4, 0.5) is 23.1 Å². The second-order valence-corrected chi connectivity index (χ2v) is 10.8. The van der Waals surface area contributed by atoms with Crippen molar-refractivity contribution < 1.29 is 4.90 Å². The number of unbranched alkanes of at least 4 members (excludes halogenated alkanes) is 1. The molecule has 2 aromatic rings. The van der Waals surface area contributed by atoms with E-state index < -0.39 is 0 Å². The van der Waals surface area contributed by atoms with Gasteiger partial charge in [0.1, 0.15) is 29.8 Å². The fraction of sp³-hybridized carbons (Fsp3) is 0.615. The van der Waals surface area contributed by atoms with Crippen LogP contribution in [0, 0.1) is 29.6 Å². The minimum absolute atomic E-state index is 0.140. The maximum Gasteiger partial charge on any atom is 0.257 e. The lowest BCUT2D eigenvalue weighted by Crippen LogP contribution is -2.92. The zero-order valence-electron chi connectivity index (χ0n) is 22.6. The number of aryl methyl sites for hydroxylation is 1. The molecule has 1 aliphatic rings. The number of quaternary nitrogens is 1. The minimum Gasteiger partial charge on any atom is -0.361 e. The molecule has 2 unspecified atom stereocenters. The Kier molecular flexibility index (Phi) is 7.33. The van der Waals surface area contributed by atoms with Crippen molar-refractivity contribution in [2.45, 2.75) is 78.2 Å². The largest absolute Gasteiger partial charge is 0.361 e. The van der Waals surface area contributed by atoms with Crippen LogP contribution >= 0.6 is 0 Å². The molecule has 3 rings (SSSR count). The van der Waals surface area contributed by atoms with Gasteiger partial charge in [-0.25, -0.2) is 4.68 Å². The summed E-state index contributed by atoms with van der Waals surface area (Å²) in [5.41, 5.74) is 2.80. The van der Waals surface area contributed by atoms with Crippen LogP contribution in [0.5, 0.6) is 0 Å². The van der Waals surface area contributed by atoms with E-state index in [2.05, 4.69) is 41.3 Å². The number of hydrogen-bond acceptors (Lipinski definition) is 7. The van der Waals surface area contributed by atoms with Gasteiger partial charge in [-0.15, -0.1) is 10.2 Å². The summed E-state index contributed by atoms with van der Waals surface area (Å²) in [6.45, 7) is 13.4. The molecule has 3 heterocycles.